The van der Waals surface area contributed by atoms with Crippen molar-refractivity contribution in [3.63, 3.8) is 0 Å². The van der Waals surface area contributed by atoms with Gasteiger partial charge in [0.05, 0.1) is 4.90 Å². The number of sulfonamides is 1. The number of para-hydroxylation sites is 1. The Morgan fingerprint density at radius 2 is 1.69 bits per heavy atom. The highest BCUT2D eigenvalue weighted by molar-refractivity contribution is 7.89. The van der Waals surface area contributed by atoms with E-state index in [1.165, 1.54) is 6.07 Å². The molecule has 8 heteroatoms. The van der Waals surface area contributed by atoms with Gasteiger partial charge in [-0.05, 0) is 60.2 Å². The Labute approximate surface area is 212 Å². The monoisotopic (exact) mass is 505 g/mol. The number of hydrogen-bond acceptors (Lipinski definition) is 4. The molecule has 0 saturated heterocycles. The molecule has 0 saturated carbocycles. The van der Waals surface area contributed by atoms with Gasteiger partial charge in [-0.25, -0.2) is 8.42 Å². The number of fused-ring (bicyclic) bond motifs is 1. The molecule has 1 heterocycles. The average Bonchev–Trinajstić information content (AvgIpc) is 3.32. The van der Waals surface area contributed by atoms with Gasteiger partial charge in [0.15, 0.2) is 0 Å². The molecule has 0 fully saturated rings. The van der Waals surface area contributed by atoms with Crippen LogP contribution in [0.4, 0.5) is 11.4 Å². The first-order valence-electron chi connectivity index (χ1n) is 12.2. The molecule has 0 spiro atoms. The number of carbonyl (C=O) groups is 2. The maximum Gasteiger partial charge on any atom is 0.242 e. The molecule has 0 radical (unpaired) electrons. The first kappa shape index (κ1) is 25.6. The van der Waals surface area contributed by atoms with Gasteiger partial charge >= 0.3 is 0 Å². The number of carbonyl (C=O) groups excluding carboxylic acids is 2. The van der Waals surface area contributed by atoms with E-state index in [0.717, 1.165) is 28.8 Å². The lowest BCUT2D eigenvalue weighted by atomic mass is 10.1. The van der Waals surface area contributed by atoms with Crippen LogP contribution in [0.2, 0.25) is 0 Å². The molecular weight excluding hydrogens is 474 g/mol. The fraction of sp³-hybridized carbons (Fsp3) is 0.286. The zero-order valence-electron chi connectivity index (χ0n) is 20.5. The van der Waals surface area contributed by atoms with Crippen LogP contribution in [-0.2, 0) is 38.9 Å². The van der Waals surface area contributed by atoms with E-state index < -0.39 is 22.0 Å². The zero-order valence-corrected chi connectivity index (χ0v) is 21.3. The standard InChI is InChI=1S/C28H31N3O4S/c1-3-21-12-8-9-13-24(21)29-28(33)25(18-20-10-6-5-7-11-20)30-36(34,35)23-14-15-26-22(19-23)16-17-31(26)27(32)4-2/h5-15,19,25,30H,3-4,16-18H2,1-2H3,(H,29,33)/t25-/m0/s1. The van der Waals surface area contributed by atoms with Gasteiger partial charge in [-0.1, -0.05) is 62.4 Å². The largest absolute Gasteiger partial charge is 0.324 e. The molecule has 0 bridgehead atoms. The maximum absolute atomic E-state index is 13.4. The van der Waals surface area contributed by atoms with E-state index in [2.05, 4.69) is 10.0 Å². The molecule has 36 heavy (non-hydrogen) atoms. The van der Waals surface area contributed by atoms with Gasteiger partial charge in [-0.2, -0.15) is 4.72 Å². The van der Waals surface area contributed by atoms with Gasteiger partial charge < -0.3 is 10.2 Å². The van der Waals surface area contributed by atoms with Crippen LogP contribution in [0, 0.1) is 0 Å². The molecule has 0 aromatic heterocycles. The predicted octanol–water partition coefficient (Wildman–Crippen LogP) is 4.08. The number of hydrogen-bond donors (Lipinski definition) is 2. The highest BCUT2D eigenvalue weighted by Crippen LogP contribution is 2.31. The van der Waals surface area contributed by atoms with Crippen molar-refractivity contribution in [1.29, 1.82) is 0 Å². The highest BCUT2D eigenvalue weighted by Gasteiger charge is 2.29. The van der Waals surface area contributed by atoms with E-state index >= 15 is 0 Å². The first-order valence-corrected chi connectivity index (χ1v) is 13.7. The van der Waals surface area contributed by atoms with Gasteiger partial charge in [0.25, 0.3) is 0 Å². The van der Waals surface area contributed by atoms with Crippen LogP contribution >= 0.6 is 0 Å². The van der Waals surface area contributed by atoms with E-state index in [9.17, 15) is 18.0 Å². The van der Waals surface area contributed by atoms with Gasteiger partial charge in [-0.15, -0.1) is 0 Å². The number of aryl methyl sites for hydroxylation is 1. The molecule has 1 atom stereocenters. The summed E-state index contributed by atoms with van der Waals surface area (Å²) in [6, 6.07) is 20.6. The molecule has 3 aromatic rings. The van der Waals surface area contributed by atoms with Crippen molar-refractivity contribution in [2.75, 3.05) is 16.8 Å². The summed E-state index contributed by atoms with van der Waals surface area (Å²) in [4.78, 5) is 27.3. The summed E-state index contributed by atoms with van der Waals surface area (Å²) < 4.78 is 29.5. The van der Waals surface area contributed by atoms with E-state index in [1.54, 1.807) is 24.0 Å². The van der Waals surface area contributed by atoms with Crippen molar-refractivity contribution in [2.24, 2.45) is 0 Å². The fourth-order valence-corrected chi connectivity index (χ4v) is 5.70. The van der Waals surface area contributed by atoms with Crippen LogP contribution in [0.5, 0.6) is 0 Å². The Kier molecular flexibility index (Phi) is 7.86. The molecule has 1 aliphatic heterocycles. The van der Waals surface area contributed by atoms with Crippen LogP contribution < -0.4 is 14.9 Å². The van der Waals surface area contributed by atoms with Crippen LogP contribution in [0.25, 0.3) is 0 Å². The maximum atomic E-state index is 13.4. The van der Waals surface area contributed by atoms with Gasteiger partial charge in [0.1, 0.15) is 6.04 Å². The summed E-state index contributed by atoms with van der Waals surface area (Å²) in [5.41, 5.74) is 4.03. The number of anilines is 2. The van der Waals surface area contributed by atoms with Gasteiger partial charge in [0.2, 0.25) is 21.8 Å². The van der Waals surface area contributed by atoms with Crippen LogP contribution in [0.15, 0.2) is 77.7 Å². The summed E-state index contributed by atoms with van der Waals surface area (Å²) in [7, 11) is -4.01. The lowest BCUT2D eigenvalue weighted by Gasteiger charge is -2.20. The molecular formula is C28H31N3O4S. The van der Waals surface area contributed by atoms with Crippen molar-refractivity contribution in [2.45, 2.75) is 50.5 Å². The smallest absolute Gasteiger partial charge is 0.242 e. The third-order valence-electron chi connectivity index (χ3n) is 6.41. The molecule has 2 amide bonds. The van der Waals surface area contributed by atoms with Crippen LogP contribution in [0.1, 0.15) is 37.0 Å². The Morgan fingerprint density at radius 3 is 2.42 bits per heavy atom. The summed E-state index contributed by atoms with van der Waals surface area (Å²) in [5, 5.41) is 2.91. The topological polar surface area (TPSA) is 95.6 Å². The van der Waals surface area contributed by atoms with Crippen molar-refractivity contribution >= 4 is 33.2 Å². The minimum atomic E-state index is -4.01. The predicted molar refractivity (Wildman–Crippen MR) is 141 cm³/mol. The van der Waals surface area contributed by atoms with E-state index in [1.807, 2.05) is 61.5 Å². The lowest BCUT2D eigenvalue weighted by Crippen LogP contribution is -2.45. The molecule has 1 aliphatic rings. The lowest BCUT2D eigenvalue weighted by molar-refractivity contribution is -0.118. The molecule has 7 nitrogen and oxygen atoms in total. The quantitative estimate of drug-likeness (QED) is 0.458. The van der Waals surface area contributed by atoms with Crippen molar-refractivity contribution < 1.29 is 18.0 Å². The summed E-state index contributed by atoms with van der Waals surface area (Å²) in [6.45, 7) is 4.34. The second kappa shape index (κ2) is 11.1. The van der Waals surface area contributed by atoms with E-state index in [0.29, 0.717) is 25.1 Å². The highest BCUT2D eigenvalue weighted by atomic mass is 32.2. The van der Waals surface area contributed by atoms with Crippen LogP contribution in [-0.4, -0.2) is 32.8 Å². The van der Waals surface area contributed by atoms with E-state index in [-0.39, 0.29) is 17.2 Å². The van der Waals surface area contributed by atoms with E-state index in [4.69, 9.17) is 0 Å². The molecule has 3 aromatic carbocycles. The number of amides is 2. The van der Waals surface area contributed by atoms with Crippen molar-refractivity contribution in [1.82, 2.24) is 4.72 Å². The summed E-state index contributed by atoms with van der Waals surface area (Å²) >= 11 is 0. The minimum absolute atomic E-state index is 0.00874. The van der Waals surface area contributed by atoms with Crippen molar-refractivity contribution in [3.05, 3.63) is 89.5 Å². The Bertz CT molecular complexity index is 1360. The first-order chi connectivity index (χ1) is 17.3. The molecule has 2 N–H and O–H groups in total. The molecule has 188 valence electrons. The van der Waals surface area contributed by atoms with Crippen LogP contribution in [0.3, 0.4) is 0 Å². The minimum Gasteiger partial charge on any atom is -0.324 e. The second-order valence-corrected chi connectivity index (χ2v) is 10.5. The number of benzene rings is 3. The Morgan fingerprint density at radius 1 is 0.972 bits per heavy atom. The third kappa shape index (κ3) is 5.66. The Balaban J connectivity index is 1.60. The fourth-order valence-electron chi connectivity index (χ4n) is 4.46. The molecule has 0 unspecified atom stereocenters. The van der Waals surface area contributed by atoms with Crippen molar-refractivity contribution in [3.8, 4) is 0 Å². The third-order valence-corrected chi connectivity index (χ3v) is 7.88. The second-order valence-electron chi connectivity index (χ2n) is 8.80. The SMILES string of the molecule is CCC(=O)N1CCc2cc(S(=O)(=O)N[C@@H](Cc3ccccc3)C(=O)Nc3ccccc3CC)ccc21. The molecule has 0 aliphatic carbocycles. The number of nitrogens with one attached hydrogen (secondary N) is 2. The van der Waals surface area contributed by atoms with Gasteiger partial charge in [0, 0.05) is 24.3 Å². The number of rotatable bonds is 9. The summed E-state index contributed by atoms with van der Waals surface area (Å²) in [5.74, 6) is -0.418. The Hall–Kier alpha value is -3.49. The average molecular weight is 506 g/mol. The summed E-state index contributed by atoms with van der Waals surface area (Å²) in [6.07, 6.45) is 1.91. The normalized spacial score (nSPS) is 13.8. The number of nitrogens with zero attached hydrogens (tertiary/aromatic N) is 1. The molecule has 4 rings (SSSR count). The zero-order chi connectivity index (χ0) is 25.7. The van der Waals surface area contributed by atoms with Gasteiger partial charge in [-0.3, -0.25) is 9.59 Å².